The molecule has 0 atom stereocenters. The SMILES string of the molecule is O=C(O)c1ccccc1.OC1=CCCCC1. The van der Waals surface area contributed by atoms with Gasteiger partial charge < -0.3 is 10.2 Å². The predicted molar refractivity (Wildman–Crippen MR) is 62.6 cm³/mol. The van der Waals surface area contributed by atoms with Crippen LogP contribution in [0.4, 0.5) is 0 Å². The number of rotatable bonds is 1. The lowest BCUT2D eigenvalue weighted by Gasteiger charge is -2.04. The van der Waals surface area contributed by atoms with Crippen LogP contribution in [0.3, 0.4) is 0 Å². The molecule has 2 N–H and O–H groups in total. The van der Waals surface area contributed by atoms with Gasteiger partial charge in [0.2, 0.25) is 0 Å². The van der Waals surface area contributed by atoms with Crippen molar-refractivity contribution in [3.63, 3.8) is 0 Å². The molecular weight excluding hydrogens is 204 g/mol. The van der Waals surface area contributed by atoms with Gasteiger partial charge in [-0.2, -0.15) is 0 Å². The second kappa shape index (κ2) is 6.67. The molecule has 1 aromatic carbocycles. The number of benzene rings is 1. The van der Waals surface area contributed by atoms with E-state index < -0.39 is 5.97 Å². The van der Waals surface area contributed by atoms with E-state index in [1.807, 2.05) is 6.08 Å². The van der Waals surface area contributed by atoms with E-state index in [9.17, 15) is 4.79 Å². The normalized spacial score (nSPS) is 14.4. The number of hydrogen-bond acceptors (Lipinski definition) is 2. The van der Waals surface area contributed by atoms with Crippen LogP contribution in [0.25, 0.3) is 0 Å². The summed E-state index contributed by atoms with van der Waals surface area (Å²) < 4.78 is 0. The first kappa shape index (κ1) is 12.3. The number of carboxylic acid groups (broad SMARTS) is 1. The Bertz CT molecular complexity index is 355. The quantitative estimate of drug-likeness (QED) is 0.762. The van der Waals surface area contributed by atoms with E-state index in [0.29, 0.717) is 11.3 Å². The van der Waals surface area contributed by atoms with Crippen molar-refractivity contribution in [3.05, 3.63) is 47.7 Å². The van der Waals surface area contributed by atoms with Crippen LogP contribution in [0.1, 0.15) is 36.0 Å². The minimum absolute atomic E-state index is 0.331. The molecule has 86 valence electrons. The van der Waals surface area contributed by atoms with E-state index in [2.05, 4.69) is 0 Å². The number of aliphatic hydroxyl groups is 1. The number of aromatic carboxylic acids is 1. The molecule has 3 heteroatoms. The Kier molecular flexibility index (Phi) is 5.12. The molecule has 0 heterocycles. The van der Waals surface area contributed by atoms with Crippen LogP contribution in [0.2, 0.25) is 0 Å². The largest absolute Gasteiger partial charge is 0.513 e. The van der Waals surface area contributed by atoms with Crippen LogP contribution in [0, 0.1) is 0 Å². The fraction of sp³-hybridized carbons (Fsp3) is 0.308. The maximum Gasteiger partial charge on any atom is 0.335 e. The van der Waals surface area contributed by atoms with Crippen LogP contribution in [0.5, 0.6) is 0 Å². The van der Waals surface area contributed by atoms with Crippen molar-refractivity contribution in [1.29, 1.82) is 0 Å². The summed E-state index contributed by atoms with van der Waals surface area (Å²) in [5.74, 6) is -0.290. The predicted octanol–water partition coefficient (Wildman–Crippen LogP) is 3.39. The molecule has 3 nitrogen and oxygen atoms in total. The second-order valence-electron chi connectivity index (χ2n) is 3.61. The summed E-state index contributed by atoms with van der Waals surface area (Å²) in [6.07, 6.45) is 6.31. The van der Waals surface area contributed by atoms with Crippen LogP contribution in [-0.2, 0) is 0 Å². The van der Waals surface area contributed by atoms with Crippen LogP contribution < -0.4 is 0 Å². The lowest BCUT2D eigenvalue weighted by molar-refractivity contribution is 0.0697. The van der Waals surface area contributed by atoms with Crippen LogP contribution in [-0.4, -0.2) is 16.2 Å². The third-order valence-electron chi connectivity index (χ3n) is 2.29. The Morgan fingerprint density at radius 3 is 2.12 bits per heavy atom. The highest BCUT2D eigenvalue weighted by Crippen LogP contribution is 2.13. The maximum atomic E-state index is 10.2. The first-order chi connectivity index (χ1) is 7.70. The Balaban J connectivity index is 0.000000165. The van der Waals surface area contributed by atoms with Gasteiger partial charge in [-0.25, -0.2) is 4.79 Å². The molecular formula is C13H16O3. The molecule has 2 rings (SSSR count). The molecule has 0 bridgehead atoms. The summed E-state index contributed by atoms with van der Waals surface area (Å²) in [5, 5.41) is 17.2. The number of aliphatic hydroxyl groups excluding tert-OH is 1. The highest BCUT2D eigenvalue weighted by Gasteiger charge is 1.98. The molecule has 0 radical (unpaired) electrons. The van der Waals surface area contributed by atoms with Crippen molar-refractivity contribution in [2.24, 2.45) is 0 Å². The van der Waals surface area contributed by atoms with Gasteiger partial charge in [-0.3, -0.25) is 0 Å². The third kappa shape index (κ3) is 4.64. The molecule has 0 saturated heterocycles. The third-order valence-corrected chi connectivity index (χ3v) is 2.29. The van der Waals surface area contributed by atoms with Crippen molar-refractivity contribution in [2.45, 2.75) is 25.7 Å². The average molecular weight is 220 g/mol. The van der Waals surface area contributed by atoms with Gasteiger partial charge in [0.25, 0.3) is 0 Å². The highest BCUT2D eigenvalue weighted by molar-refractivity contribution is 5.87. The van der Waals surface area contributed by atoms with E-state index in [1.165, 1.54) is 12.8 Å². The van der Waals surface area contributed by atoms with Crippen molar-refractivity contribution < 1.29 is 15.0 Å². The zero-order valence-corrected chi connectivity index (χ0v) is 9.10. The average Bonchev–Trinajstić information content (AvgIpc) is 2.32. The van der Waals surface area contributed by atoms with Gasteiger partial charge in [-0.05, 0) is 37.5 Å². The molecule has 1 aromatic rings. The van der Waals surface area contributed by atoms with Crippen molar-refractivity contribution in [2.75, 3.05) is 0 Å². The Hall–Kier alpha value is -1.77. The first-order valence-corrected chi connectivity index (χ1v) is 5.36. The minimum Gasteiger partial charge on any atom is -0.513 e. The van der Waals surface area contributed by atoms with Gasteiger partial charge in [0.15, 0.2) is 0 Å². The van der Waals surface area contributed by atoms with Gasteiger partial charge in [-0.1, -0.05) is 18.2 Å². The summed E-state index contributed by atoms with van der Waals surface area (Å²) in [6.45, 7) is 0. The molecule has 0 aromatic heterocycles. The molecule has 16 heavy (non-hydrogen) atoms. The van der Waals surface area contributed by atoms with Crippen molar-refractivity contribution >= 4 is 5.97 Å². The first-order valence-electron chi connectivity index (χ1n) is 5.36. The number of allylic oxidation sites excluding steroid dienone is 2. The molecule has 0 unspecified atom stereocenters. The van der Waals surface area contributed by atoms with Gasteiger partial charge in [0.1, 0.15) is 0 Å². The van der Waals surface area contributed by atoms with Crippen molar-refractivity contribution in [1.82, 2.24) is 0 Å². The monoisotopic (exact) mass is 220 g/mol. The Morgan fingerprint density at radius 2 is 1.81 bits per heavy atom. The number of hydrogen-bond donors (Lipinski definition) is 2. The molecule has 0 aliphatic heterocycles. The molecule has 0 fully saturated rings. The van der Waals surface area contributed by atoms with Gasteiger partial charge in [-0.15, -0.1) is 0 Å². The van der Waals surface area contributed by atoms with Crippen molar-refractivity contribution in [3.8, 4) is 0 Å². The molecule has 0 amide bonds. The van der Waals surface area contributed by atoms with Crippen LogP contribution >= 0.6 is 0 Å². The van der Waals surface area contributed by atoms with E-state index in [1.54, 1.807) is 30.3 Å². The fourth-order valence-electron chi connectivity index (χ4n) is 1.40. The maximum absolute atomic E-state index is 10.2. The Morgan fingerprint density at radius 1 is 1.12 bits per heavy atom. The lowest BCUT2D eigenvalue weighted by Crippen LogP contribution is -1.93. The summed E-state index contributed by atoms with van der Waals surface area (Å²) in [5.41, 5.74) is 0.331. The van der Waals surface area contributed by atoms with E-state index in [0.717, 1.165) is 12.8 Å². The van der Waals surface area contributed by atoms with E-state index >= 15 is 0 Å². The van der Waals surface area contributed by atoms with Gasteiger partial charge in [0.05, 0.1) is 11.3 Å². The number of carboxylic acids is 1. The summed E-state index contributed by atoms with van der Waals surface area (Å²) >= 11 is 0. The zero-order chi connectivity index (χ0) is 11.8. The highest BCUT2D eigenvalue weighted by atomic mass is 16.4. The summed E-state index contributed by atoms with van der Waals surface area (Å²) in [7, 11) is 0. The smallest absolute Gasteiger partial charge is 0.335 e. The van der Waals surface area contributed by atoms with Crippen LogP contribution in [0.15, 0.2) is 42.2 Å². The van der Waals surface area contributed by atoms with E-state index in [4.69, 9.17) is 10.2 Å². The Labute approximate surface area is 95.0 Å². The molecule has 0 spiro atoms. The minimum atomic E-state index is -0.879. The summed E-state index contributed by atoms with van der Waals surface area (Å²) in [4.78, 5) is 10.2. The second-order valence-corrected chi connectivity index (χ2v) is 3.61. The van der Waals surface area contributed by atoms with E-state index in [-0.39, 0.29) is 0 Å². The zero-order valence-electron chi connectivity index (χ0n) is 9.10. The lowest BCUT2D eigenvalue weighted by atomic mass is 10.1. The molecule has 1 aliphatic carbocycles. The van der Waals surface area contributed by atoms with Gasteiger partial charge >= 0.3 is 5.97 Å². The van der Waals surface area contributed by atoms with Gasteiger partial charge in [0, 0.05) is 6.42 Å². The number of carbonyl (C=O) groups is 1. The topological polar surface area (TPSA) is 57.5 Å². The molecule has 1 aliphatic rings. The standard InChI is InChI=1S/C7H6O2.C6H10O/c8-7(9)6-4-2-1-3-5-6;7-6-4-2-1-3-5-6/h1-5H,(H,8,9);4,7H,1-3,5H2. The fourth-order valence-corrected chi connectivity index (χ4v) is 1.40. The molecule has 0 saturated carbocycles. The summed E-state index contributed by atoms with van der Waals surface area (Å²) in [6, 6.07) is 8.30.